The minimum absolute atomic E-state index is 0.179. The molecular formula is C16H18F2N2O4S. The third-order valence-corrected chi connectivity index (χ3v) is 4.61. The number of carbonyl (C=O) groups is 3. The van der Waals surface area contributed by atoms with Crippen LogP contribution < -0.4 is 5.73 Å². The van der Waals surface area contributed by atoms with E-state index in [4.69, 9.17) is 10.5 Å². The number of thioether (sulfide) groups is 1. The number of halogens is 2. The summed E-state index contributed by atoms with van der Waals surface area (Å²) in [5.41, 5.74) is 5.41. The zero-order valence-corrected chi connectivity index (χ0v) is 14.1. The maximum absolute atomic E-state index is 12.2. The van der Waals surface area contributed by atoms with Gasteiger partial charge in [0.15, 0.2) is 6.61 Å². The highest BCUT2D eigenvalue weighted by Gasteiger charge is 2.26. The van der Waals surface area contributed by atoms with Crippen LogP contribution in [-0.2, 0) is 14.3 Å². The van der Waals surface area contributed by atoms with Crippen molar-refractivity contribution in [3.63, 3.8) is 0 Å². The molecule has 1 aliphatic rings. The van der Waals surface area contributed by atoms with Crippen LogP contribution in [0.5, 0.6) is 0 Å². The van der Waals surface area contributed by atoms with Crippen molar-refractivity contribution in [3.05, 3.63) is 29.8 Å². The third-order valence-electron chi connectivity index (χ3n) is 3.89. The first kappa shape index (κ1) is 19.2. The van der Waals surface area contributed by atoms with Gasteiger partial charge in [0.1, 0.15) is 0 Å². The van der Waals surface area contributed by atoms with E-state index in [1.165, 1.54) is 29.2 Å². The number of piperidine rings is 1. The number of amides is 2. The summed E-state index contributed by atoms with van der Waals surface area (Å²) in [5, 5.41) is 0. The lowest BCUT2D eigenvalue weighted by Crippen LogP contribution is -2.43. The summed E-state index contributed by atoms with van der Waals surface area (Å²) in [6.07, 6.45) is 0.997. The van der Waals surface area contributed by atoms with Gasteiger partial charge >= 0.3 is 5.97 Å². The molecule has 0 unspecified atom stereocenters. The van der Waals surface area contributed by atoms with E-state index in [0.717, 1.165) is 0 Å². The van der Waals surface area contributed by atoms with Gasteiger partial charge in [-0.05, 0) is 37.1 Å². The highest BCUT2D eigenvalue weighted by molar-refractivity contribution is 7.99. The predicted octanol–water partition coefficient (Wildman–Crippen LogP) is 1.88. The number of hydrogen-bond acceptors (Lipinski definition) is 5. The number of rotatable bonds is 6. The molecule has 0 radical (unpaired) electrons. The van der Waals surface area contributed by atoms with Crippen LogP contribution in [0.3, 0.4) is 0 Å². The maximum Gasteiger partial charge on any atom is 0.338 e. The van der Waals surface area contributed by atoms with Crippen molar-refractivity contribution < 1.29 is 27.9 Å². The number of primary amides is 1. The van der Waals surface area contributed by atoms with E-state index in [2.05, 4.69) is 0 Å². The Balaban J connectivity index is 1.79. The van der Waals surface area contributed by atoms with Crippen LogP contribution in [0.2, 0.25) is 0 Å². The average Bonchev–Trinajstić information content (AvgIpc) is 2.59. The maximum atomic E-state index is 12.2. The van der Waals surface area contributed by atoms with E-state index in [-0.39, 0.29) is 23.3 Å². The van der Waals surface area contributed by atoms with Gasteiger partial charge in [-0.25, -0.2) is 4.79 Å². The summed E-state index contributed by atoms with van der Waals surface area (Å²) in [5.74, 6) is -4.17. The molecule has 0 spiro atoms. The molecule has 25 heavy (non-hydrogen) atoms. The van der Waals surface area contributed by atoms with Gasteiger partial charge in [0.25, 0.3) is 11.7 Å². The van der Waals surface area contributed by atoms with Gasteiger partial charge in [0.2, 0.25) is 5.91 Å². The van der Waals surface area contributed by atoms with Crippen molar-refractivity contribution in [2.75, 3.05) is 19.7 Å². The Morgan fingerprint density at radius 3 is 2.32 bits per heavy atom. The molecule has 1 aromatic rings. The van der Waals surface area contributed by atoms with Crippen LogP contribution in [0.1, 0.15) is 23.2 Å². The first-order chi connectivity index (χ1) is 11.9. The van der Waals surface area contributed by atoms with Crippen molar-refractivity contribution in [2.24, 2.45) is 11.7 Å². The van der Waals surface area contributed by atoms with E-state index in [0.29, 0.717) is 42.6 Å². The SMILES string of the molecule is NC(=O)C1CCN(C(=O)COC(=O)c2ccc(SC(F)F)cc2)CC1. The summed E-state index contributed by atoms with van der Waals surface area (Å²) in [6, 6.07) is 5.53. The second kappa shape index (κ2) is 8.80. The van der Waals surface area contributed by atoms with Gasteiger partial charge in [-0.3, -0.25) is 9.59 Å². The molecule has 0 aromatic heterocycles. The van der Waals surface area contributed by atoms with Crippen LogP contribution in [0.15, 0.2) is 29.2 Å². The number of hydrogen-bond donors (Lipinski definition) is 1. The molecule has 0 aliphatic carbocycles. The summed E-state index contributed by atoms with van der Waals surface area (Å²) in [4.78, 5) is 36.9. The minimum Gasteiger partial charge on any atom is -0.452 e. The predicted molar refractivity (Wildman–Crippen MR) is 87.1 cm³/mol. The monoisotopic (exact) mass is 372 g/mol. The first-order valence-electron chi connectivity index (χ1n) is 7.66. The lowest BCUT2D eigenvalue weighted by atomic mass is 9.96. The molecule has 9 heteroatoms. The molecule has 1 aliphatic heterocycles. The second-order valence-electron chi connectivity index (χ2n) is 5.54. The van der Waals surface area contributed by atoms with Crippen molar-refractivity contribution in [1.82, 2.24) is 4.90 Å². The summed E-state index contributed by atoms with van der Waals surface area (Å²) >= 11 is 0.379. The lowest BCUT2D eigenvalue weighted by Gasteiger charge is -2.30. The van der Waals surface area contributed by atoms with E-state index < -0.39 is 18.3 Å². The number of esters is 1. The number of ether oxygens (including phenoxy) is 1. The van der Waals surface area contributed by atoms with Gasteiger partial charge in [-0.15, -0.1) is 0 Å². The van der Waals surface area contributed by atoms with E-state index >= 15 is 0 Å². The Kier molecular flexibility index (Phi) is 6.74. The van der Waals surface area contributed by atoms with Crippen molar-refractivity contribution in [2.45, 2.75) is 23.5 Å². The van der Waals surface area contributed by atoms with Gasteiger partial charge in [-0.2, -0.15) is 8.78 Å². The fourth-order valence-electron chi connectivity index (χ4n) is 2.49. The first-order valence-corrected chi connectivity index (χ1v) is 8.54. The minimum atomic E-state index is -2.53. The van der Waals surface area contributed by atoms with Gasteiger partial charge < -0.3 is 15.4 Å². The van der Waals surface area contributed by atoms with Gasteiger partial charge in [-0.1, -0.05) is 11.8 Å². The van der Waals surface area contributed by atoms with Crippen molar-refractivity contribution in [3.8, 4) is 0 Å². The molecule has 6 nitrogen and oxygen atoms in total. The molecule has 1 heterocycles. The highest BCUT2D eigenvalue weighted by atomic mass is 32.2. The number of carbonyl (C=O) groups excluding carboxylic acids is 3. The normalized spacial score (nSPS) is 15.2. The number of alkyl halides is 2. The molecule has 2 amide bonds. The molecule has 1 saturated heterocycles. The lowest BCUT2D eigenvalue weighted by molar-refractivity contribution is -0.137. The molecule has 2 rings (SSSR count). The second-order valence-corrected chi connectivity index (χ2v) is 6.60. The fraction of sp³-hybridized carbons (Fsp3) is 0.438. The molecular weight excluding hydrogens is 354 g/mol. The smallest absolute Gasteiger partial charge is 0.338 e. The van der Waals surface area contributed by atoms with Crippen LogP contribution >= 0.6 is 11.8 Å². The molecule has 0 bridgehead atoms. The average molecular weight is 372 g/mol. The van der Waals surface area contributed by atoms with Crippen LogP contribution in [0.4, 0.5) is 8.78 Å². The molecule has 1 fully saturated rings. The van der Waals surface area contributed by atoms with Crippen LogP contribution in [0, 0.1) is 5.92 Å². The number of benzene rings is 1. The van der Waals surface area contributed by atoms with Crippen molar-refractivity contribution in [1.29, 1.82) is 0 Å². The molecule has 2 N–H and O–H groups in total. The quantitative estimate of drug-likeness (QED) is 0.608. The summed E-state index contributed by atoms with van der Waals surface area (Å²) < 4.78 is 29.4. The summed E-state index contributed by atoms with van der Waals surface area (Å²) in [6.45, 7) is 0.376. The standard InChI is InChI=1S/C16H18F2N2O4S/c17-16(18)25-12-3-1-11(2-4-12)15(23)24-9-13(21)20-7-5-10(6-8-20)14(19)22/h1-4,10,16H,5-9H2,(H2,19,22). The highest BCUT2D eigenvalue weighted by Crippen LogP contribution is 2.25. The number of nitrogens with zero attached hydrogens (tertiary/aromatic N) is 1. The van der Waals surface area contributed by atoms with Crippen LogP contribution in [0.25, 0.3) is 0 Å². The Bertz CT molecular complexity index is 632. The van der Waals surface area contributed by atoms with Crippen molar-refractivity contribution >= 4 is 29.5 Å². The zero-order valence-electron chi connectivity index (χ0n) is 13.3. The molecule has 0 saturated carbocycles. The molecule has 0 atom stereocenters. The zero-order chi connectivity index (χ0) is 18.4. The van der Waals surface area contributed by atoms with E-state index in [9.17, 15) is 23.2 Å². The van der Waals surface area contributed by atoms with Gasteiger partial charge in [0, 0.05) is 23.9 Å². The van der Waals surface area contributed by atoms with Gasteiger partial charge in [0.05, 0.1) is 5.56 Å². The Morgan fingerprint density at radius 1 is 1.20 bits per heavy atom. The van der Waals surface area contributed by atoms with E-state index in [1.807, 2.05) is 0 Å². The summed E-state index contributed by atoms with van der Waals surface area (Å²) in [7, 11) is 0. The Hall–Kier alpha value is -2.16. The number of nitrogens with two attached hydrogens (primary N) is 1. The van der Waals surface area contributed by atoms with Crippen LogP contribution in [-0.4, -0.2) is 48.1 Å². The fourth-order valence-corrected chi connectivity index (χ4v) is 2.99. The van der Waals surface area contributed by atoms with E-state index in [1.54, 1.807) is 0 Å². The largest absolute Gasteiger partial charge is 0.452 e. The topological polar surface area (TPSA) is 89.7 Å². The molecule has 136 valence electrons. The third kappa shape index (κ3) is 5.70. The Morgan fingerprint density at radius 2 is 1.80 bits per heavy atom. The number of likely N-dealkylation sites (tertiary alicyclic amines) is 1. The Labute approximate surface area is 147 Å². The molecule has 1 aromatic carbocycles.